The minimum Gasteiger partial charge on any atom is -0.444 e. The highest BCUT2D eigenvalue weighted by Gasteiger charge is 2.19. The van der Waals surface area contributed by atoms with Gasteiger partial charge in [-0.2, -0.15) is 0 Å². The number of benzene rings is 1. The van der Waals surface area contributed by atoms with E-state index in [4.69, 9.17) is 20.6 Å². The van der Waals surface area contributed by atoms with Crippen LogP contribution in [0.4, 0.5) is 21.9 Å². The Morgan fingerprint density at radius 3 is 2.61 bits per heavy atom. The van der Waals surface area contributed by atoms with Crippen LogP contribution in [0.25, 0.3) is 0 Å². The number of hydrogen-bond donors (Lipinski definition) is 3. The predicted octanol–water partition coefficient (Wildman–Crippen LogP) is 2.45. The number of amides is 1. The molecule has 7 nitrogen and oxygen atoms in total. The van der Waals surface area contributed by atoms with Crippen LogP contribution in [0.1, 0.15) is 26.3 Å². The monoisotopic (exact) mass is 320 g/mol. The van der Waals surface area contributed by atoms with E-state index >= 15 is 0 Å². The van der Waals surface area contributed by atoms with Crippen LogP contribution < -0.4 is 16.0 Å². The van der Waals surface area contributed by atoms with Gasteiger partial charge in [-0.15, -0.1) is 0 Å². The molecule has 23 heavy (non-hydrogen) atoms. The number of nitrogens with two attached hydrogens (primary N) is 1. The first-order valence-electron chi connectivity index (χ1n) is 7.57. The Bertz CT molecular complexity index is 590. The molecular weight excluding hydrogens is 296 g/mol. The van der Waals surface area contributed by atoms with Gasteiger partial charge >= 0.3 is 6.09 Å². The molecule has 1 heterocycles. The zero-order chi connectivity index (χ0) is 17.0. The van der Waals surface area contributed by atoms with Gasteiger partial charge in [-0.1, -0.05) is 0 Å². The number of nitrogens with one attached hydrogen (secondary N) is 2. The summed E-state index contributed by atoms with van der Waals surface area (Å²) < 4.78 is 10.6. The molecule has 0 saturated carbocycles. The average Bonchev–Trinajstić information content (AvgIpc) is 2.45. The van der Waals surface area contributed by atoms with Gasteiger partial charge in [0, 0.05) is 41.9 Å². The minimum absolute atomic E-state index is 0.440. The van der Waals surface area contributed by atoms with Crippen molar-refractivity contribution < 1.29 is 14.3 Å². The van der Waals surface area contributed by atoms with Gasteiger partial charge < -0.3 is 25.5 Å². The maximum absolute atomic E-state index is 11.9. The third kappa shape index (κ3) is 4.59. The maximum Gasteiger partial charge on any atom is 0.412 e. The number of anilines is 3. The highest BCUT2D eigenvalue weighted by molar-refractivity contribution is 5.97. The second-order valence-electron chi connectivity index (χ2n) is 6.37. The molecule has 1 saturated heterocycles. The lowest BCUT2D eigenvalue weighted by Crippen LogP contribution is -2.37. The van der Waals surface area contributed by atoms with Crippen molar-refractivity contribution in [1.82, 2.24) is 0 Å². The predicted molar refractivity (Wildman–Crippen MR) is 91.6 cm³/mol. The molecule has 0 bridgehead atoms. The highest BCUT2D eigenvalue weighted by Crippen LogP contribution is 2.30. The number of rotatable bonds is 3. The van der Waals surface area contributed by atoms with Crippen molar-refractivity contribution in [3.05, 3.63) is 17.7 Å². The summed E-state index contributed by atoms with van der Waals surface area (Å²) in [5.41, 5.74) is 7.91. The quantitative estimate of drug-likeness (QED) is 0.586. The second kappa shape index (κ2) is 6.87. The molecule has 0 aliphatic carbocycles. The lowest BCUT2D eigenvalue weighted by Gasteiger charge is -2.31. The number of carbonyl (C=O) groups excluding carboxylic acids is 1. The molecule has 1 amide bonds. The summed E-state index contributed by atoms with van der Waals surface area (Å²) in [6.07, 6.45) is 0.699. The second-order valence-corrected chi connectivity index (χ2v) is 6.37. The number of hydrogen-bond acceptors (Lipinski definition) is 6. The van der Waals surface area contributed by atoms with Crippen LogP contribution >= 0.6 is 0 Å². The molecule has 1 aromatic rings. The van der Waals surface area contributed by atoms with Crippen molar-refractivity contribution >= 4 is 29.4 Å². The average molecular weight is 320 g/mol. The molecule has 1 fully saturated rings. The first kappa shape index (κ1) is 17.1. The van der Waals surface area contributed by atoms with Crippen LogP contribution in [-0.4, -0.2) is 44.2 Å². The molecule has 2 rings (SSSR count). The van der Waals surface area contributed by atoms with E-state index in [1.54, 1.807) is 26.8 Å². The Kier molecular flexibility index (Phi) is 5.10. The van der Waals surface area contributed by atoms with E-state index in [1.807, 2.05) is 6.07 Å². The zero-order valence-electron chi connectivity index (χ0n) is 13.8. The fourth-order valence-corrected chi connectivity index (χ4v) is 2.38. The molecule has 7 heteroatoms. The van der Waals surface area contributed by atoms with Crippen molar-refractivity contribution in [2.24, 2.45) is 0 Å². The number of ether oxygens (including phenoxy) is 2. The Balaban J connectivity index is 2.26. The number of nitrogens with zero attached hydrogens (tertiary/aromatic N) is 1. The van der Waals surface area contributed by atoms with Gasteiger partial charge in [-0.3, -0.25) is 5.32 Å². The van der Waals surface area contributed by atoms with E-state index in [2.05, 4.69) is 10.2 Å². The van der Waals surface area contributed by atoms with Gasteiger partial charge in [0.05, 0.1) is 13.2 Å². The van der Waals surface area contributed by atoms with Crippen molar-refractivity contribution in [3.63, 3.8) is 0 Å². The van der Waals surface area contributed by atoms with E-state index in [9.17, 15) is 4.79 Å². The third-order valence-electron chi connectivity index (χ3n) is 3.33. The van der Waals surface area contributed by atoms with Crippen molar-refractivity contribution in [1.29, 1.82) is 5.41 Å². The third-order valence-corrected chi connectivity index (χ3v) is 3.33. The summed E-state index contributed by atoms with van der Waals surface area (Å²) in [6.45, 7) is 8.10. The van der Waals surface area contributed by atoms with Crippen LogP contribution in [0.5, 0.6) is 0 Å². The SMILES string of the molecule is CC(C)(C)OC(=O)Nc1cc(N)c(C=N)c(N2CCOCC2)c1. The van der Waals surface area contributed by atoms with Crippen molar-refractivity contribution in [2.75, 3.05) is 42.3 Å². The van der Waals surface area contributed by atoms with E-state index < -0.39 is 11.7 Å². The molecule has 0 atom stereocenters. The summed E-state index contributed by atoms with van der Waals surface area (Å²) in [4.78, 5) is 14.0. The van der Waals surface area contributed by atoms with Gasteiger partial charge in [0.25, 0.3) is 0 Å². The molecule has 0 radical (unpaired) electrons. The standard InChI is InChI=1S/C16H24N4O3/c1-16(2,3)23-15(21)19-11-8-13(18)12(10-17)14(9-11)20-4-6-22-7-5-20/h8-10,17H,4-7,18H2,1-3H3,(H,19,21). The van der Waals surface area contributed by atoms with E-state index in [0.717, 1.165) is 18.8 Å². The fraction of sp³-hybridized carbons (Fsp3) is 0.500. The largest absolute Gasteiger partial charge is 0.444 e. The maximum atomic E-state index is 11.9. The summed E-state index contributed by atoms with van der Waals surface area (Å²) in [5.74, 6) is 0. The molecular formula is C16H24N4O3. The van der Waals surface area contributed by atoms with Gasteiger partial charge in [0.15, 0.2) is 0 Å². The van der Waals surface area contributed by atoms with Gasteiger partial charge in [0.2, 0.25) is 0 Å². The molecule has 1 aromatic carbocycles. The summed E-state index contributed by atoms with van der Waals surface area (Å²) >= 11 is 0. The number of morpholine rings is 1. The van der Waals surface area contributed by atoms with Crippen LogP contribution in [0.15, 0.2) is 12.1 Å². The van der Waals surface area contributed by atoms with Crippen LogP contribution in [-0.2, 0) is 9.47 Å². The van der Waals surface area contributed by atoms with Crippen LogP contribution in [0, 0.1) is 5.41 Å². The summed E-state index contributed by atoms with van der Waals surface area (Å²) in [7, 11) is 0. The number of carbonyl (C=O) groups is 1. The Hall–Kier alpha value is -2.28. The van der Waals surface area contributed by atoms with Gasteiger partial charge in [-0.25, -0.2) is 4.79 Å². The van der Waals surface area contributed by atoms with Crippen LogP contribution in [0.3, 0.4) is 0 Å². The zero-order valence-corrected chi connectivity index (χ0v) is 13.8. The van der Waals surface area contributed by atoms with Crippen molar-refractivity contribution in [3.8, 4) is 0 Å². The normalized spacial score (nSPS) is 15.2. The summed E-state index contributed by atoms with van der Waals surface area (Å²) in [6, 6.07) is 3.44. The lowest BCUT2D eigenvalue weighted by molar-refractivity contribution is 0.0636. The Morgan fingerprint density at radius 1 is 1.39 bits per heavy atom. The van der Waals surface area contributed by atoms with Gasteiger partial charge in [0.1, 0.15) is 5.60 Å². The van der Waals surface area contributed by atoms with E-state index in [1.165, 1.54) is 6.21 Å². The molecule has 1 aliphatic rings. The first-order chi connectivity index (χ1) is 10.8. The van der Waals surface area contributed by atoms with Crippen molar-refractivity contribution in [2.45, 2.75) is 26.4 Å². The Labute approximate surface area is 136 Å². The van der Waals surface area contributed by atoms with E-state index in [-0.39, 0.29) is 0 Å². The fourth-order valence-electron chi connectivity index (χ4n) is 2.38. The van der Waals surface area contributed by atoms with Gasteiger partial charge in [-0.05, 0) is 32.9 Å². The topological polar surface area (TPSA) is 101 Å². The molecule has 1 aliphatic heterocycles. The Morgan fingerprint density at radius 2 is 2.04 bits per heavy atom. The van der Waals surface area contributed by atoms with E-state index in [0.29, 0.717) is 30.2 Å². The lowest BCUT2D eigenvalue weighted by atomic mass is 10.1. The minimum atomic E-state index is -0.572. The smallest absolute Gasteiger partial charge is 0.412 e. The molecule has 126 valence electrons. The highest BCUT2D eigenvalue weighted by atomic mass is 16.6. The molecule has 0 spiro atoms. The van der Waals surface area contributed by atoms with Crippen LogP contribution in [0.2, 0.25) is 0 Å². The summed E-state index contributed by atoms with van der Waals surface area (Å²) in [5, 5.41) is 10.3. The first-order valence-corrected chi connectivity index (χ1v) is 7.57. The molecule has 0 aromatic heterocycles. The molecule has 4 N–H and O–H groups in total. The molecule has 0 unspecified atom stereocenters. The number of nitrogen functional groups attached to an aromatic ring is 1.